The van der Waals surface area contributed by atoms with Gasteiger partial charge in [0.15, 0.2) is 13.2 Å². The molecule has 122 valence electrons. The van der Waals surface area contributed by atoms with Gasteiger partial charge in [0.25, 0.3) is 0 Å². The number of hydrogen-bond donors (Lipinski definition) is 0. The van der Waals surface area contributed by atoms with Gasteiger partial charge in [0.2, 0.25) is 0 Å². The molecule has 0 aromatic heterocycles. The summed E-state index contributed by atoms with van der Waals surface area (Å²) in [5, 5.41) is 7.51. The minimum absolute atomic E-state index is 0. The van der Waals surface area contributed by atoms with Crippen LogP contribution in [0, 0.1) is 0 Å². The molecule has 0 spiro atoms. The summed E-state index contributed by atoms with van der Waals surface area (Å²) in [6.07, 6.45) is 2.98. The lowest BCUT2D eigenvalue weighted by Crippen LogP contribution is -3.00. The average molecular weight is 514 g/mol. The quantitative estimate of drug-likeness (QED) is 0.101. The Bertz CT molecular complexity index is 246. The zero-order valence-corrected chi connectivity index (χ0v) is 17.7. The zero-order valence-electron chi connectivity index (χ0n) is 13.3. The molecular formula is C12H28I2N4O2. The number of oxime groups is 2. The normalized spacial score (nSPS) is 12.1. The van der Waals surface area contributed by atoms with Crippen molar-refractivity contribution < 1.29 is 66.6 Å². The molecule has 0 rings (SSSR count). The molecule has 0 saturated heterocycles. The SMILES string of the molecule is C[N+](C)(C)CCO/N=C/C=N/OCC[N+](C)(C)C.[I-].[I-]. The van der Waals surface area contributed by atoms with E-state index in [4.69, 9.17) is 9.68 Å². The Balaban J connectivity index is -0.00000144. The molecule has 0 aromatic carbocycles. The van der Waals surface area contributed by atoms with E-state index in [1.807, 2.05) is 0 Å². The molecule has 0 aliphatic heterocycles. The van der Waals surface area contributed by atoms with Gasteiger partial charge in [-0.05, 0) is 0 Å². The average Bonchev–Trinajstić information content (AvgIpc) is 2.17. The summed E-state index contributed by atoms with van der Waals surface area (Å²) in [7, 11) is 12.6. The predicted octanol–water partition coefficient (Wildman–Crippen LogP) is -5.59. The fourth-order valence-electron chi connectivity index (χ4n) is 0.875. The molecule has 0 heterocycles. The highest BCUT2D eigenvalue weighted by atomic mass is 127. The summed E-state index contributed by atoms with van der Waals surface area (Å²) in [6, 6.07) is 0. The van der Waals surface area contributed by atoms with Crippen LogP contribution in [0.4, 0.5) is 0 Å². The molecule has 8 heteroatoms. The standard InChI is InChI=1S/C12H28N4O2.2HI/c1-15(2,3)9-11-17-13-7-8-14-18-12-10-16(4,5)6;;/h7-8H,9-12H2,1-6H3;2*1H/q+2;;/p-2/b13-7+,14-8+;;. The fourth-order valence-corrected chi connectivity index (χ4v) is 0.875. The van der Waals surface area contributed by atoms with Crippen molar-refractivity contribution in [1.29, 1.82) is 0 Å². The molecule has 0 fully saturated rings. The number of likely N-dealkylation sites (N-methyl/N-ethyl adjacent to an activating group) is 2. The van der Waals surface area contributed by atoms with Crippen LogP contribution in [0.3, 0.4) is 0 Å². The highest BCUT2D eigenvalue weighted by Crippen LogP contribution is 1.90. The van der Waals surface area contributed by atoms with Crippen LogP contribution in [0.2, 0.25) is 0 Å². The number of hydrogen-bond acceptors (Lipinski definition) is 4. The summed E-state index contributed by atoms with van der Waals surface area (Å²) < 4.78 is 1.72. The first kappa shape index (κ1) is 25.3. The van der Waals surface area contributed by atoms with E-state index < -0.39 is 0 Å². The van der Waals surface area contributed by atoms with Gasteiger partial charge in [0.05, 0.1) is 54.7 Å². The largest absolute Gasteiger partial charge is 1.00 e. The van der Waals surface area contributed by atoms with Crippen LogP contribution < -0.4 is 48.0 Å². The maximum atomic E-state index is 5.07. The highest BCUT2D eigenvalue weighted by Gasteiger charge is 2.05. The summed E-state index contributed by atoms with van der Waals surface area (Å²) in [5.74, 6) is 0. The maximum absolute atomic E-state index is 5.07. The van der Waals surface area contributed by atoms with E-state index in [9.17, 15) is 0 Å². The Morgan fingerprint density at radius 3 is 1.25 bits per heavy atom. The first-order valence-corrected chi connectivity index (χ1v) is 6.11. The van der Waals surface area contributed by atoms with Crippen LogP contribution in [0.1, 0.15) is 0 Å². The third-order valence-electron chi connectivity index (χ3n) is 2.04. The summed E-state index contributed by atoms with van der Waals surface area (Å²) in [6.45, 7) is 3.01. The Kier molecular flexibility index (Phi) is 16.5. The van der Waals surface area contributed by atoms with Crippen LogP contribution in [0.25, 0.3) is 0 Å². The zero-order chi connectivity index (χ0) is 14.1. The maximum Gasteiger partial charge on any atom is 0.165 e. The highest BCUT2D eigenvalue weighted by molar-refractivity contribution is 6.15. The first-order valence-electron chi connectivity index (χ1n) is 6.11. The van der Waals surface area contributed by atoms with Crippen molar-refractivity contribution in [3.8, 4) is 0 Å². The Morgan fingerprint density at radius 1 is 0.700 bits per heavy atom. The van der Waals surface area contributed by atoms with E-state index >= 15 is 0 Å². The monoisotopic (exact) mass is 514 g/mol. The lowest BCUT2D eigenvalue weighted by molar-refractivity contribution is -0.870. The van der Waals surface area contributed by atoms with Gasteiger partial charge >= 0.3 is 0 Å². The van der Waals surface area contributed by atoms with Crippen LogP contribution in [0.15, 0.2) is 10.3 Å². The lowest BCUT2D eigenvalue weighted by Gasteiger charge is -2.22. The molecule has 6 nitrogen and oxygen atoms in total. The molecule has 0 atom stereocenters. The van der Waals surface area contributed by atoms with Crippen LogP contribution in [0.5, 0.6) is 0 Å². The van der Waals surface area contributed by atoms with E-state index in [0.29, 0.717) is 13.2 Å². The van der Waals surface area contributed by atoms with Gasteiger partial charge in [-0.15, -0.1) is 0 Å². The molecule has 0 bridgehead atoms. The first-order chi connectivity index (χ1) is 8.21. The van der Waals surface area contributed by atoms with Crippen molar-refractivity contribution in [3.05, 3.63) is 0 Å². The molecule has 0 aliphatic rings. The van der Waals surface area contributed by atoms with E-state index in [0.717, 1.165) is 22.1 Å². The molecule has 0 amide bonds. The summed E-state index contributed by atoms with van der Waals surface area (Å²) >= 11 is 0. The lowest BCUT2D eigenvalue weighted by atomic mass is 10.5. The van der Waals surface area contributed by atoms with Crippen LogP contribution in [-0.4, -0.2) is 90.0 Å². The molecule has 0 radical (unpaired) electrons. The Hall–Kier alpha value is 0.320. The van der Waals surface area contributed by atoms with Crippen molar-refractivity contribution in [3.63, 3.8) is 0 Å². The van der Waals surface area contributed by atoms with E-state index in [-0.39, 0.29) is 48.0 Å². The van der Waals surface area contributed by atoms with Gasteiger partial charge in [-0.2, -0.15) is 0 Å². The van der Waals surface area contributed by atoms with Gasteiger partial charge in [-0.3, -0.25) is 0 Å². The van der Waals surface area contributed by atoms with E-state index in [1.54, 1.807) is 0 Å². The van der Waals surface area contributed by atoms with Crippen molar-refractivity contribution >= 4 is 12.4 Å². The van der Waals surface area contributed by atoms with Crippen molar-refractivity contribution in [2.75, 3.05) is 68.6 Å². The smallest absolute Gasteiger partial charge is 0.165 e. The second kappa shape index (κ2) is 13.0. The summed E-state index contributed by atoms with van der Waals surface area (Å²) in [4.78, 5) is 10.1. The molecule has 0 aliphatic carbocycles. The third kappa shape index (κ3) is 23.4. The fraction of sp³-hybridized carbons (Fsp3) is 0.833. The molecular weight excluding hydrogens is 486 g/mol. The van der Waals surface area contributed by atoms with Gasteiger partial charge in [-0.1, -0.05) is 10.3 Å². The van der Waals surface area contributed by atoms with Gasteiger partial charge in [0, 0.05) is 0 Å². The van der Waals surface area contributed by atoms with Gasteiger partial charge in [-0.25, -0.2) is 0 Å². The molecule has 0 aromatic rings. The predicted molar refractivity (Wildman–Crippen MR) is 74.7 cm³/mol. The number of quaternary nitrogens is 2. The Morgan fingerprint density at radius 2 is 1.00 bits per heavy atom. The second-order valence-electron chi connectivity index (χ2n) is 6.20. The van der Waals surface area contributed by atoms with Crippen molar-refractivity contribution in [1.82, 2.24) is 0 Å². The van der Waals surface area contributed by atoms with E-state index in [2.05, 4.69) is 52.6 Å². The topological polar surface area (TPSA) is 43.2 Å². The summed E-state index contributed by atoms with van der Waals surface area (Å²) in [5.41, 5.74) is 0. The van der Waals surface area contributed by atoms with Crippen molar-refractivity contribution in [2.24, 2.45) is 10.3 Å². The Labute approximate surface area is 157 Å². The van der Waals surface area contributed by atoms with E-state index in [1.165, 1.54) is 12.4 Å². The molecule has 0 saturated carbocycles. The van der Waals surface area contributed by atoms with Crippen LogP contribution in [-0.2, 0) is 9.68 Å². The molecule has 0 unspecified atom stereocenters. The number of rotatable bonds is 9. The van der Waals surface area contributed by atoms with Crippen LogP contribution >= 0.6 is 0 Å². The van der Waals surface area contributed by atoms with Gasteiger partial charge < -0.3 is 66.6 Å². The molecule has 0 N–H and O–H groups in total. The third-order valence-corrected chi connectivity index (χ3v) is 2.04. The minimum Gasteiger partial charge on any atom is -1.00 e. The van der Waals surface area contributed by atoms with Crippen molar-refractivity contribution in [2.45, 2.75) is 0 Å². The number of nitrogens with zero attached hydrogens (tertiary/aromatic N) is 4. The molecule has 20 heavy (non-hydrogen) atoms. The minimum atomic E-state index is 0. The van der Waals surface area contributed by atoms with Gasteiger partial charge in [0.1, 0.15) is 13.1 Å². The second-order valence-corrected chi connectivity index (χ2v) is 6.20. The number of halogens is 2.